The van der Waals surface area contributed by atoms with E-state index in [1.807, 2.05) is 36.4 Å². The lowest BCUT2D eigenvalue weighted by Crippen LogP contribution is -2.16. The molecule has 1 aliphatic carbocycles. The van der Waals surface area contributed by atoms with Crippen LogP contribution in [-0.4, -0.2) is 17.0 Å². The van der Waals surface area contributed by atoms with E-state index in [0.29, 0.717) is 5.56 Å². The van der Waals surface area contributed by atoms with E-state index in [1.165, 1.54) is 6.07 Å². The smallest absolute Gasteiger partial charge is 0.337 e. The standard InChI is InChI=1S/C22H16N2O3/c1-12-13-6-2-3-7-14(13)15-8-4-9-16(19(12)15)21(25)24-18-11-5-10-17(20(18)23)22(26)27/h2-11H,1,23H2,(H,24,25)(H,26,27). The number of aromatic carboxylic acids is 1. The van der Waals surface area contributed by atoms with Crippen LogP contribution >= 0.6 is 0 Å². The number of rotatable bonds is 3. The second kappa shape index (κ2) is 6.14. The van der Waals surface area contributed by atoms with Crippen LogP contribution in [0, 0.1) is 0 Å². The molecule has 1 aliphatic rings. The van der Waals surface area contributed by atoms with Crippen LogP contribution in [0.2, 0.25) is 0 Å². The fourth-order valence-electron chi connectivity index (χ4n) is 3.46. The number of hydrogen-bond acceptors (Lipinski definition) is 3. The van der Waals surface area contributed by atoms with E-state index < -0.39 is 5.97 Å². The van der Waals surface area contributed by atoms with E-state index in [-0.39, 0.29) is 22.8 Å². The Labute approximate surface area is 155 Å². The number of nitrogens with one attached hydrogen (secondary N) is 1. The number of nitrogens with two attached hydrogens (primary N) is 1. The first-order valence-corrected chi connectivity index (χ1v) is 8.34. The van der Waals surface area contributed by atoms with Gasteiger partial charge in [-0.1, -0.05) is 49.0 Å². The van der Waals surface area contributed by atoms with Crippen LogP contribution < -0.4 is 11.1 Å². The van der Waals surface area contributed by atoms with E-state index in [9.17, 15) is 14.7 Å². The number of carboxylic acids is 1. The van der Waals surface area contributed by atoms with Crippen LogP contribution in [0.15, 0.2) is 67.2 Å². The third-order valence-corrected chi connectivity index (χ3v) is 4.74. The molecular formula is C22H16N2O3. The molecule has 0 atom stereocenters. The van der Waals surface area contributed by atoms with Crippen LogP contribution in [-0.2, 0) is 0 Å². The lowest BCUT2D eigenvalue weighted by atomic mass is 9.98. The minimum atomic E-state index is -1.15. The van der Waals surface area contributed by atoms with Crippen molar-refractivity contribution in [2.45, 2.75) is 0 Å². The Hall–Kier alpha value is -3.86. The first-order chi connectivity index (χ1) is 13.0. The molecule has 0 heterocycles. The van der Waals surface area contributed by atoms with Gasteiger partial charge in [-0.3, -0.25) is 4.79 Å². The van der Waals surface area contributed by atoms with Gasteiger partial charge in [0.05, 0.1) is 16.9 Å². The maximum atomic E-state index is 12.9. The highest BCUT2D eigenvalue weighted by atomic mass is 16.4. The van der Waals surface area contributed by atoms with E-state index in [4.69, 9.17) is 5.73 Å². The number of carboxylic acid groups (broad SMARTS) is 1. The second-order valence-corrected chi connectivity index (χ2v) is 6.28. The zero-order valence-electron chi connectivity index (χ0n) is 14.3. The summed E-state index contributed by atoms with van der Waals surface area (Å²) in [6.45, 7) is 4.16. The molecule has 4 rings (SSSR count). The molecule has 5 heteroatoms. The summed E-state index contributed by atoms with van der Waals surface area (Å²) >= 11 is 0. The fraction of sp³-hybridized carbons (Fsp3) is 0. The zero-order valence-corrected chi connectivity index (χ0v) is 14.3. The Kier molecular flexibility index (Phi) is 3.78. The van der Waals surface area contributed by atoms with Crippen LogP contribution in [0.5, 0.6) is 0 Å². The maximum absolute atomic E-state index is 12.9. The number of para-hydroxylation sites is 1. The fourth-order valence-corrected chi connectivity index (χ4v) is 3.46. The van der Waals surface area contributed by atoms with Crippen LogP contribution in [0.25, 0.3) is 16.7 Å². The molecular weight excluding hydrogens is 340 g/mol. The van der Waals surface area contributed by atoms with Crippen LogP contribution in [0.1, 0.15) is 31.8 Å². The number of amides is 1. The Morgan fingerprint density at radius 3 is 2.22 bits per heavy atom. The highest BCUT2D eigenvalue weighted by Gasteiger charge is 2.26. The van der Waals surface area contributed by atoms with Gasteiger partial charge < -0.3 is 16.2 Å². The predicted octanol–water partition coefficient (Wildman–Crippen LogP) is 4.26. The summed E-state index contributed by atoms with van der Waals surface area (Å²) in [6, 6.07) is 17.9. The second-order valence-electron chi connectivity index (χ2n) is 6.28. The lowest BCUT2D eigenvalue weighted by molar-refractivity contribution is 0.0697. The Morgan fingerprint density at radius 2 is 1.48 bits per heavy atom. The normalized spacial score (nSPS) is 11.6. The average molecular weight is 356 g/mol. The minimum absolute atomic E-state index is 0.0213. The van der Waals surface area contributed by atoms with Gasteiger partial charge in [0.25, 0.3) is 5.91 Å². The third-order valence-electron chi connectivity index (χ3n) is 4.74. The minimum Gasteiger partial charge on any atom is -0.478 e. The Bertz CT molecular complexity index is 1130. The molecule has 1 amide bonds. The van der Waals surface area contributed by atoms with Gasteiger partial charge in [0, 0.05) is 11.1 Å². The lowest BCUT2D eigenvalue weighted by Gasteiger charge is -2.13. The van der Waals surface area contributed by atoms with E-state index in [2.05, 4.69) is 11.9 Å². The summed E-state index contributed by atoms with van der Waals surface area (Å²) in [5.74, 6) is -1.51. The molecule has 5 nitrogen and oxygen atoms in total. The van der Waals surface area contributed by atoms with Crippen molar-refractivity contribution in [2.75, 3.05) is 11.1 Å². The molecule has 0 fully saturated rings. The van der Waals surface area contributed by atoms with Crippen LogP contribution in [0.3, 0.4) is 0 Å². The molecule has 0 unspecified atom stereocenters. The molecule has 0 spiro atoms. The Morgan fingerprint density at radius 1 is 0.852 bits per heavy atom. The van der Waals surface area contributed by atoms with Gasteiger partial charge in [0.1, 0.15) is 0 Å². The molecule has 27 heavy (non-hydrogen) atoms. The molecule has 4 N–H and O–H groups in total. The monoisotopic (exact) mass is 356 g/mol. The van der Waals surface area contributed by atoms with Crippen molar-refractivity contribution in [1.29, 1.82) is 0 Å². The molecule has 0 radical (unpaired) electrons. The van der Waals surface area contributed by atoms with Crippen molar-refractivity contribution in [3.05, 3.63) is 89.5 Å². The molecule has 0 aliphatic heterocycles. The summed E-state index contributed by atoms with van der Waals surface area (Å²) in [7, 11) is 0. The summed E-state index contributed by atoms with van der Waals surface area (Å²) in [4.78, 5) is 24.2. The molecule has 132 valence electrons. The molecule has 3 aromatic rings. The number of carbonyl (C=O) groups is 2. The molecule has 0 aromatic heterocycles. The van der Waals surface area contributed by atoms with Gasteiger partial charge in [-0.15, -0.1) is 0 Å². The number of hydrogen-bond donors (Lipinski definition) is 3. The summed E-state index contributed by atoms with van der Waals surface area (Å²) in [5.41, 5.74) is 11.2. The number of anilines is 2. The van der Waals surface area contributed by atoms with Gasteiger partial charge in [-0.05, 0) is 40.5 Å². The van der Waals surface area contributed by atoms with Gasteiger partial charge >= 0.3 is 5.97 Å². The maximum Gasteiger partial charge on any atom is 0.337 e. The number of carbonyl (C=O) groups excluding carboxylic acids is 1. The van der Waals surface area contributed by atoms with Gasteiger partial charge in [0.15, 0.2) is 0 Å². The third kappa shape index (κ3) is 2.57. The van der Waals surface area contributed by atoms with Crippen molar-refractivity contribution in [3.63, 3.8) is 0 Å². The van der Waals surface area contributed by atoms with Crippen molar-refractivity contribution < 1.29 is 14.7 Å². The van der Waals surface area contributed by atoms with Gasteiger partial charge in [0.2, 0.25) is 0 Å². The zero-order chi connectivity index (χ0) is 19.1. The first kappa shape index (κ1) is 16.6. The molecule has 0 saturated heterocycles. The summed E-state index contributed by atoms with van der Waals surface area (Å²) < 4.78 is 0. The average Bonchev–Trinajstić information content (AvgIpc) is 2.96. The van der Waals surface area contributed by atoms with Gasteiger partial charge in [-0.25, -0.2) is 4.79 Å². The number of fused-ring (bicyclic) bond motifs is 3. The first-order valence-electron chi connectivity index (χ1n) is 8.34. The highest BCUT2D eigenvalue weighted by molar-refractivity contribution is 6.14. The van der Waals surface area contributed by atoms with Crippen molar-refractivity contribution >= 4 is 28.8 Å². The summed E-state index contributed by atoms with van der Waals surface area (Å²) in [6.07, 6.45) is 0. The van der Waals surface area contributed by atoms with E-state index in [0.717, 1.165) is 27.8 Å². The SMILES string of the molecule is C=C1c2ccccc2-c2cccc(C(=O)Nc3cccc(C(=O)O)c3N)c21. The van der Waals surface area contributed by atoms with Crippen LogP contribution in [0.4, 0.5) is 11.4 Å². The van der Waals surface area contributed by atoms with E-state index in [1.54, 1.807) is 18.2 Å². The van der Waals surface area contributed by atoms with E-state index >= 15 is 0 Å². The highest BCUT2D eigenvalue weighted by Crippen LogP contribution is 2.44. The molecule has 0 bridgehead atoms. The van der Waals surface area contributed by atoms with Crippen molar-refractivity contribution in [2.24, 2.45) is 0 Å². The predicted molar refractivity (Wildman–Crippen MR) is 106 cm³/mol. The molecule has 3 aromatic carbocycles. The summed E-state index contributed by atoms with van der Waals surface area (Å²) in [5, 5.41) is 11.9. The molecule has 0 saturated carbocycles. The number of nitrogen functional groups attached to an aromatic ring is 1. The van der Waals surface area contributed by atoms with Crippen molar-refractivity contribution in [1.82, 2.24) is 0 Å². The largest absolute Gasteiger partial charge is 0.478 e. The van der Waals surface area contributed by atoms with Crippen molar-refractivity contribution in [3.8, 4) is 11.1 Å². The quantitative estimate of drug-likeness (QED) is 0.478. The topological polar surface area (TPSA) is 92.4 Å². The van der Waals surface area contributed by atoms with Gasteiger partial charge in [-0.2, -0.15) is 0 Å². The Balaban J connectivity index is 1.75. The number of benzene rings is 3.